The van der Waals surface area contributed by atoms with Gasteiger partial charge in [0, 0.05) is 29.4 Å². The summed E-state index contributed by atoms with van der Waals surface area (Å²) in [4.78, 5) is 31.9. The first kappa shape index (κ1) is 29.4. The largest absolute Gasteiger partial charge is 0.481 e. The van der Waals surface area contributed by atoms with Gasteiger partial charge in [0.25, 0.3) is 0 Å². The van der Waals surface area contributed by atoms with E-state index in [4.69, 9.17) is 23.2 Å². The molecule has 1 aromatic heterocycles. The molecule has 10 heteroatoms. The zero-order valence-corrected chi connectivity index (χ0v) is 24.1. The smallest absolute Gasteiger partial charge is 0.304 e. The molecule has 1 fully saturated rings. The Balaban J connectivity index is 2.16. The maximum atomic E-state index is 14.1. The van der Waals surface area contributed by atoms with E-state index < -0.39 is 38.1 Å². The van der Waals surface area contributed by atoms with Gasteiger partial charge >= 0.3 is 5.97 Å². The third kappa shape index (κ3) is 6.47. The molecule has 0 saturated carbocycles. The number of likely N-dealkylation sites (tertiary alicyclic amines) is 1. The number of aromatic nitrogens is 1. The summed E-state index contributed by atoms with van der Waals surface area (Å²) >= 11 is 12.4. The molecule has 1 aromatic carbocycles. The summed E-state index contributed by atoms with van der Waals surface area (Å²) in [6, 6.07) is 7.96. The highest BCUT2D eigenvalue weighted by Gasteiger charge is 2.52. The SMILES string of the molecule is C[C@@H](CCS(=O)(=O)C(C)(C)C)N1C(=O)C(C)(CC(=O)O)CC(c2cncc(Cl)c2)C1c1ccc(Cl)cc1. The number of hydrogen-bond acceptors (Lipinski definition) is 5. The second-order valence-electron chi connectivity index (χ2n) is 11.2. The standard InChI is InChI=1S/C27H34Cl2N2O5S/c1-17(10-11-37(35,36)26(2,3)4)31-24(18-6-8-20(28)9-7-18)22(19-12-21(29)16-30-15-19)13-27(5,25(31)34)14-23(32)33/h6-9,12,15-17,22,24H,10-11,13-14H2,1-5H3,(H,32,33)/t17-,22?,24?,27?/m0/s1. The average Bonchev–Trinajstić information content (AvgIpc) is 2.78. The van der Waals surface area contributed by atoms with Crippen molar-refractivity contribution in [2.24, 2.45) is 5.41 Å². The number of carboxylic acids is 1. The zero-order valence-electron chi connectivity index (χ0n) is 21.7. The molecule has 7 nitrogen and oxygen atoms in total. The highest BCUT2D eigenvalue weighted by atomic mass is 35.5. The van der Waals surface area contributed by atoms with Gasteiger partial charge in [-0.2, -0.15) is 0 Å². The normalized spacial score (nSPS) is 23.6. The number of rotatable bonds is 8. The fraction of sp³-hybridized carbons (Fsp3) is 0.519. The quantitative estimate of drug-likeness (QED) is 0.423. The van der Waals surface area contributed by atoms with Crippen molar-refractivity contribution in [2.75, 3.05) is 5.75 Å². The highest BCUT2D eigenvalue weighted by Crippen LogP contribution is 2.52. The van der Waals surface area contributed by atoms with E-state index in [9.17, 15) is 23.1 Å². The summed E-state index contributed by atoms with van der Waals surface area (Å²) in [5, 5.41) is 10.7. The highest BCUT2D eigenvalue weighted by molar-refractivity contribution is 7.92. The summed E-state index contributed by atoms with van der Waals surface area (Å²) in [6.07, 6.45) is 3.32. The van der Waals surface area contributed by atoms with E-state index in [0.717, 1.165) is 11.1 Å². The Bertz CT molecular complexity index is 1260. The fourth-order valence-corrected chi connectivity index (χ4v) is 6.60. The van der Waals surface area contributed by atoms with Crippen LogP contribution in [-0.4, -0.2) is 51.8 Å². The number of amides is 1. The molecule has 0 radical (unpaired) electrons. The van der Waals surface area contributed by atoms with E-state index in [2.05, 4.69) is 4.98 Å². The number of piperidine rings is 1. The summed E-state index contributed by atoms with van der Waals surface area (Å²) in [7, 11) is -3.43. The Hall–Kier alpha value is -2.16. The Labute approximate surface area is 229 Å². The predicted molar refractivity (Wildman–Crippen MR) is 146 cm³/mol. The molecule has 1 amide bonds. The Morgan fingerprint density at radius 2 is 1.78 bits per heavy atom. The van der Waals surface area contributed by atoms with Crippen LogP contribution in [0.15, 0.2) is 42.7 Å². The number of nitrogens with zero attached hydrogens (tertiary/aromatic N) is 2. The number of aliphatic carboxylic acids is 1. The van der Waals surface area contributed by atoms with Gasteiger partial charge in [-0.05, 0) is 69.9 Å². The summed E-state index contributed by atoms with van der Waals surface area (Å²) in [6.45, 7) is 8.45. The van der Waals surface area contributed by atoms with Crippen LogP contribution in [0, 0.1) is 5.41 Å². The maximum absolute atomic E-state index is 14.1. The molecule has 3 unspecified atom stereocenters. The van der Waals surface area contributed by atoms with Crippen molar-refractivity contribution in [3.8, 4) is 0 Å². The van der Waals surface area contributed by atoms with Crippen molar-refractivity contribution in [1.82, 2.24) is 9.88 Å². The van der Waals surface area contributed by atoms with Gasteiger partial charge in [0.2, 0.25) is 5.91 Å². The average molecular weight is 570 g/mol. The summed E-state index contributed by atoms with van der Waals surface area (Å²) in [5.74, 6) is -1.84. The van der Waals surface area contributed by atoms with Crippen LogP contribution < -0.4 is 0 Å². The van der Waals surface area contributed by atoms with E-state index in [1.165, 1.54) is 6.20 Å². The van der Waals surface area contributed by atoms with E-state index >= 15 is 0 Å². The van der Waals surface area contributed by atoms with E-state index in [-0.39, 0.29) is 36.8 Å². The molecular formula is C27H34Cl2N2O5S. The number of carbonyl (C=O) groups is 2. The van der Waals surface area contributed by atoms with Gasteiger partial charge in [0.15, 0.2) is 9.84 Å². The number of halogens is 2. The third-order valence-electron chi connectivity index (χ3n) is 7.22. The lowest BCUT2D eigenvalue weighted by Gasteiger charge is -2.51. The number of carboxylic acid groups (broad SMARTS) is 1. The first-order chi connectivity index (χ1) is 17.1. The monoisotopic (exact) mass is 568 g/mol. The molecule has 202 valence electrons. The van der Waals surface area contributed by atoms with Crippen molar-refractivity contribution in [1.29, 1.82) is 0 Å². The molecule has 1 aliphatic rings. The molecule has 2 aromatic rings. The molecule has 0 bridgehead atoms. The van der Waals surface area contributed by atoms with Gasteiger partial charge in [-0.25, -0.2) is 8.42 Å². The van der Waals surface area contributed by atoms with Crippen molar-refractivity contribution in [3.63, 3.8) is 0 Å². The lowest BCUT2D eigenvalue weighted by atomic mass is 9.67. The molecule has 3 rings (SSSR count). The Kier molecular flexibility index (Phi) is 8.67. The van der Waals surface area contributed by atoms with Gasteiger partial charge in [0.05, 0.1) is 33.4 Å². The lowest BCUT2D eigenvalue weighted by molar-refractivity contribution is -0.160. The van der Waals surface area contributed by atoms with Gasteiger partial charge in [-0.1, -0.05) is 42.3 Å². The summed E-state index contributed by atoms with van der Waals surface area (Å²) < 4.78 is 24.8. The van der Waals surface area contributed by atoms with Gasteiger partial charge in [-0.3, -0.25) is 14.6 Å². The van der Waals surface area contributed by atoms with E-state index in [1.807, 2.05) is 19.1 Å². The molecule has 1 aliphatic heterocycles. The minimum absolute atomic E-state index is 0.103. The predicted octanol–water partition coefficient (Wildman–Crippen LogP) is 5.92. The zero-order chi connectivity index (χ0) is 27.8. The van der Waals surface area contributed by atoms with Crippen LogP contribution in [0.25, 0.3) is 0 Å². The molecule has 4 atom stereocenters. The fourth-order valence-electron chi connectivity index (χ4n) is 5.03. The minimum atomic E-state index is -3.43. The van der Waals surface area contributed by atoms with Crippen LogP contribution in [0.1, 0.15) is 77.0 Å². The molecule has 0 aliphatic carbocycles. The van der Waals surface area contributed by atoms with Gasteiger partial charge < -0.3 is 10.0 Å². The third-order valence-corrected chi connectivity index (χ3v) is 10.3. The van der Waals surface area contributed by atoms with Crippen molar-refractivity contribution < 1.29 is 23.1 Å². The van der Waals surface area contributed by atoms with Crippen LogP contribution in [0.2, 0.25) is 10.0 Å². The number of benzene rings is 1. The number of carbonyl (C=O) groups excluding carboxylic acids is 1. The lowest BCUT2D eigenvalue weighted by Crippen LogP contribution is -2.55. The van der Waals surface area contributed by atoms with Crippen LogP contribution in [-0.2, 0) is 19.4 Å². The second-order valence-corrected chi connectivity index (χ2v) is 14.9. The van der Waals surface area contributed by atoms with Crippen molar-refractivity contribution >= 4 is 44.9 Å². The molecule has 0 spiro atoms. The first-order valence-electron chi connectivity index (χ1n) is 12.2. The molecular weight excluding hydrogens is 535 g/mol. The van der Waals surface area contributed by atoms with E-state index in [0.29, 0.717) is 10.0 Å². The Morgan fingerprint density at radius 1 is 1.16 bits per heavy atom. The molecule has 1 saturated heterocycles. The number of hydrogen-bond donors (Lipinski definition) is 1. The Morgan fingerprint density at radius 3 is 2.32 bits per heavy atom. The van der Waals surface area contributed by atoms with Crippen LogP contribution in [0.3, 0.4) is 0 Å². The van der Waals surface area contributed by atoms with Crippen molar-refractivity contribution in [2.45, 2.75) is 76.6 Å². The number of sulfone groups is 1. The number of pyridine rings is 1. The van der Waals surface area contributed by atoms with Crippen LogP contribution in [0.4, 0.5) is 0 Å². The second kappa shape index (κ2) is 10.9. The maximum Gasteiger partial charge on any atom is 0.304 e. The molecule has 2 heterocycles. The molecule has 1 N–H and O–H groups in total. The van der Waals surface area contributed by atoms with Crippen molar-refractivity contribution in [3.05, 3.63) is 63.9 Å². The topological polar surface area (TPSA) is 105 Å². The van der Waals surface area contributed by atoms with Crippen LogP contribution >= 0.6 is 23.2 Å². The summed E-state index contributed by atoms with van der Waals surface area (Å²) in [5.41, 5.74) is 0.375. The molecule has 37 heavy (non-hydrogen) atoms. The van der Waals surface area contributed by atoms with Gasteiger partial charge in [-0.15, -0.1) is 0 Å². The van der Waals surface area contributed by atoms with Gasteiger partial charge in [0.1, 0.15) is 0 Å². The minimum Gasteiger partial charge on any atom is -0.481 e. The van der Waals surface area contributed by atoms with E-state index in [1.54, 1.807) is 57.0 Å². The van der Waals surface area contributed by atoms with Crippen LogP contribution in [0.5, 0.6) is 0 Å². The first-order valence-corrected chi connectivity index (χ1v) is 14.6.